The number of fused-ring (bicyclic) bond motifs is 1. The maximum Gasteiger partial charge on any atom is 0.212 e. The maximum atomic E-state index is 5.93. The molecule has 2 aromatic heterocycles. The minimum Gasteiger partial charge on any atom is -0.489 e. The number of aromatic nitrogens is 2. The normalized spacial score (nSPS) is 10.8. The van der Waals surface area contributed by atoms with Crippen LogP contribution in [-0.2, 0) is 6.61 Å². The average molecular weight is 363 g/mol. The number of H-pyrrole nitrogens is 1. The Balaban J connectivity index is 1.62. The summed E-state index contributed by atoms with van der Waals surface area (Å²) < 4.78 is 5.93. The predicted molar refractivity (Wildman–Crippen MR) is 106 cm³/mol. The lowest BCUT2D eigenvalue weighted by atomic mass is 10.1. The zero-order valence-corrected chi connectivity index (χ0v) is 14.7. The third-order valence-electron chi connectivity index (χ3n) is 3.89. The van der Waals surface area contributed by atoms with E-state index in [1.165, 1.54) is 11.3 Å². The Bertz CT molecular complexity index is 1060. The maximum absolute atomic E-state index is 5.93. The summed E-state index contributed by atoms with van der Waals surface area (Å²) in [5, 5.41) is 3.50. The Labute approximate surface area is 154 Å². The fourth-order valence-corrected chi connectivity index (χ4v) is 3.40. The fraction of sp³-hybridized carbons (Fsp3) is 0.0526. The Morgan fingerprint density at radius 3 is 2.81 bits per heavy atom. The van der Waals surface area contributed by atoms with Crippen molar-refractivity contribution in [3.63, 3.8) is 0 Å². The first-order valence-electron chi connectivity index (χ1n) is 8.02. The van der Waals surface area contributed by atoms with E-state index in [4.69, 9.17) is 16.2 Å². The van der Waals surface area contributed by atoms with Crippen molar-refractivity contribution in [2.45, 2.75) is 6.61 Å². The highest BCUT2D eigenvalue weighted by Crippen LogP contribution is 2.33. The fourth-order valence-electron chi connectivity index (χ4n) is 2.69. The minimum atomic E-state index is 0.00132. The predicted octanol–water partition coefficient (Wildman–Crippen LogP) is 3.78. The van der Waals surface area contributed by atoms with Crippen LogP contribution in [0.15, 0.2) is 65.1 Å². The van der Waals surface area contributed by atoms with Crippen LogP contribution in [-0.4, -0.2) is 15.9 Å². The molecular formula is C19H17N5OS. The smallest absolute Gasteiger partial charge is 0.212 e. The number of ether oxygens (including phenoxy) is 1. The van der Waals surface area contributed by atoms with Gasteiger partial charge in [-0.3, -0.25) is 0 Å². The van der Waals surface area contributed by atoms with Crippen LogP contribution in [0.3, 0.4) is 0 Å². The molecule has 6 nitrogen and oxygen atoms in total. The van der Waals surface area contributed by atoms with Gasteiger partial charge >= 0.3 is 0 Å². The summed E-state index contributed by atoms with van der Waals surface area (Å²) >= 11 is 1.39. The standard InChI is InChI=1S/C19H17N5OS/c20-18(21)24-19-23-17(11-26-19)15-9-22-16-7-6-13(8-14(15)16)25-10-12-4-2-1-3-5-12/h1-9,11,22H,10H2,(H4,20,21,23,24). The molecular weight excluding hydrogens is 346 g/mol. The number of nitrogens with zero attached hydrogens (tertiary/aromatic N) is 2. The first-order valence-corrected chi connectivity index (χ1v) is 8.90. The van der Waals surface area contributed by atoms with Gasteiger partial charge in [-0.2, -0.15) is 4.99 Å². The van der Waals surface area contributed by atoms with Gasteiger partial charge in [-0.05, 0) is 23.8 Å². The Hall–Kier alpha value is -3.32. The zero-order valence-electron chi connectivity index (χ0n) is 13.8. The second-order valence-electron chi connectivity index (χ2n) is 5.74. The number of guanidine groups is 1. The largest absolute Gasteiger partial charge is 0.489 e. The molecule has 26 heavy (non-hydrogen) atoms. The van der Waals surface area contributed by atoms with Crippen LogP contribution in [0.25, 0.3) is 22.2 Å². The number of hydrogen-bond donors (Lipinski definition) is 3. The summed E-state index contributed by atoms with van der Waals surface area (Å²) in [5.41, 5.74) is 14.8. The molecule has 5 N–H and O–H groups in total. The number of aliphatic imine (C=N–C) groups is 1. The lowest BCUT2D eigenvalue weighted by Gasteiger charge is -2.06. The number of nitrogens with two attached hydrogens (primary N) is 2. The quantitative estimate of drug-likeness (QED) is 0.371. The Kier molecular flexibility index (Phi) is 4.28. The van der Waals surface area contributed by atoms with Crippen molar-refractivity contribution in [2.75, 3.05) is 0 Å². The molecule has 0 atom stereocenters. The molecule has 0 fully saturated rings. The lowest BCUT2D eigenvalue weighted by molar-refractivity contribution is 0.306. The monoisotopic (exact) mass is 363 g/mol. The van der Waals surface area contributed by atoms with Gasteiger partial charge in [0.2, 0.25) is 5.13 Å². The molecule has 0 bridgehead atoms. The average Bonchev–Trinajstić information content (AvgIpc) is 3.26. The first kappa shape index (κ1) is 16.2. The van der Waals surface area contributed by atoms with Gasteiger partial charge in [0, 0.05) is 28.0 Å². The van der Waals surface area contributed by atoms with Gasteiger partial charge in [-0.25, -0.2) is 4.98 Å². The molecule has 4 aromatic rings. The van der Waals surface area contributed by atoms with Gasteiger partial charge in [0.25, 0.3) is 0 Å². The van der Waals surface area contributed by atoms with Crippen molar-refractivity contribution in [2.24, 2.45) is 16.5 Å². The van der Waals surface area contributed by atoms with E-state index in [9.17, 15) is 0 Å². The van der Waals surface area contributed by atoms with Crippen molar-refractivity contribution in [3.8, 4) is 17.0 Å². The van der Waals surface area contributed by atoms with Gasteiger partial charge in [0.05, 0.1) is 5.69 Å². The summed E-state index contributed by atoms with van der Waals surface area (Å²) in [7, 11) is 0. The molecule has 0 aliphatic heterocycles. The van der Waals surface area contributed by atoms with Gasteiger partial charge in [-0.15, -0.1) is 11.3 Å². The van der Waals surface area contributed by atoms with Gasteiger partial charge in [0.15, 0.2) is 5.96 Å². The highest BCUT2D eigenvalue weighted by Gasteiger charge is 2.11. The molecule has 4 rings (SSSR count). The molecule has 130 valence electrons. The lowest BCUT2D eigenvalue weighted by Crippen LogP contribution is -2.21. The van der Waals surface area contributed by atoms with Gasteiger partial charge < -0.3 is 21.2 Å². The van der Waals surface area contributed by atoms with E-state index in [1.807, 2.05) is 60.1 Å². The molecule has 0 unspecified atom stereocenters. The van der Waals surface area contributed by atoms with Crippen molar-refractivity contribution in [1.82, 2.24) is 9.97 Å². The first-order chi connectivity index (χ1) is 12.7. The summed E-state index contributed by atoms with van der Waals surface area (Å²) in [6, 6.07) is 16.1. The number of aromatic amines is 1. The second-order valence-corrected chi connectivity index (χ2v) is 6.57. The SMILES string of the molecule is NC(N)=Nc1nc(-c2c[nH]c3ccc(OCc4ccccc4)cc23)cs1. The summed E-state index contributed by atoms with van der Waals surface area (Å²) in [6.45, 7) is 0.525. The van der Waals surface area contributed by atoms with Crippen molar-refractivity contribution < 1.29 is 4.74 Å². The highest BCUT2D eigenvalue weighted by molar-refractivity contribution is 7.13. The molecule has 0 spiro atoms. The molecule has 0 saturated carbocycles. The molecule has 0 radical (unpaired) electrons. The van der Waals surface area contributed by atoms with E-state index in [1.54, 1.807) is 0 Å². The molecule has 0 saturated heterocycles. The third kappa shape index (κ3) is 3.38. The third-order valence-corrected chi connectivity index (χ3v) is 4.63. The van der Waals surface area contributed by atoms with Crippen LogP contribution in [0, 0.1) is 0 Å². The van der Waals surface area contributed by atoms with Gasteiger partial charge in [-0.1, -0.05) is 30.3 Å². The van der Waals surface area contributed by atoms with Crippen LogP contribution in [0.5, 0.6) is 5.75 Å². The zero-order chi connectivity index (χ0) is 17.9. The molecule has 7 heteroatoms. The van der Waals surface area contributed by atoms with Crippen molar-refractivity contribution in [3.05, 3.63) is 65.7 Å². The van der Waals surface area contributed by atoms with E-state index in [-0.39, 0.29) is 5.96 Å². The number of hydrogen-bond acceptors (Lipinski definition) is 4. The second kappa shape index (κ2) is 6.89. The number of rotatable bonds is 5. The minimum absolute atomic E-state index is 0.00132. The van der Waals surface area contributed by atoms with E-state index in [0.29, 0.717) is 11.7 Å². The van der Waals surface area contributed by atoms with E-state index >= 15 is 0 Å². The summed E-state index contributed by atoms with van der Waals surface area (Å²) in [6.07, 6.45) is 1.93. The Morgan fingerprint density at radius 2 is 2.00 bits per heavy atom. The van der Waals surface area contributed by atoms with Gasteiger partial charge in [0.1, 0.15) is 12.4 Å². The molecule has 2 heterocycles. The van der Waals surface area contributed by atoms with Crippen LogP contribution in [0.2, 0.25) is 0 Å². The molecule has 0 amide bonds. The topological polar surface area (TPSA) is 102 Å². The van der Waals surface area contributed by atoms with Crippen LogP contribution in [0.4, 0.5) is 5.13 Å². The number of benzene rings is 2. The van der Waals surface area contributed by atoms with E-state index in [2.05, 4.69) is 15.0 Å². The van der Waals surface area contributed by atoms with E-state index in [0.717, 1.165) is 33.5 Å². The van der Waals surface area contributed by atoms with Crippen LogP contribution >= 0.6 is 11.3 Å². The highest BCUT2D eigenvalue weighted by atomic mass is 32.1. The number of thiazole rings is 1. The van der Waals surface area contributed by atoms with Crippen molar-refractivity contribution in [1.29, 1.82) is 0 Å². The summed E-state index contributed by atoms with van der Waals surface area (Å²) in [5.74, 6) is 0.809. The molecule has 0 aliphatic rings. The van der Waals surface area contributed by atoms with E-state index < -0.39 is 0 Å². The summed E-state index contributed by atoms with van der Waals surface area (Å²) in [4.78, 5) is 11.7. The number of nitrogens with one attached hydrogen (secondary N) is 1. The van der Waals surface area contributed by atoms with Crippen LogP contribution < -0.4 is 16.2 Å². The van der Waals surface area contributed by atoms with Crippen LogP contribution in [0.1, 0.15) is 5.56 Å². The molecule has 0 aliphatic carbocycles. The Morgan fingerprint density at radius 1 is 1.15 bits per heavy atom. The molecule has 2 aromatic carbocycles. The van der Waals surface area contributed by atoms with Crippen molar-refractivity contribution >= 4 is 33.3 Å².